The number of halogens is 3. The van der Waals surface area contributed by atoms with E-state index >= 15 is 0 Å². The van der Waals surface area contributed by atoms with Crippen molar-refractivity contribution in [3.8, 4) is 0 Å². The van der Waals surface area contributed by atoms with Crippen LogP contribution in [0.3, 0.4) is 0 Å². The molecule has 0 fully saturated rings. The lowest BCUT2D eigenvalue weighted by Gasteiger charge is -2.24. The van der Waals surface area contributed by atoms with Gasteiger partial charge in [0.15, 0.2) is 5.76 Å². The van der Waals surface area contributed by atoms with Gasteiger partial charge in [0, 0.05) is 42.8 Å². The molecule has 0 aromatic carbocycles. The minimum atomic E-state index is -4.48. The summed E-state index contributed by atoms with van der Waals surface area (Å²) in [5.41, 5.74) is 1.31. The van der Waals surface area contributed by atoms with E-state index in [2.05, 4.69) is 29.3 Å². The zero-order chi connectivity index (χ0) is 19.6. The van der Waals surface area contributed by atoms with Crippen LogP contribution in [0, 0.1) is 5.92 Å². The lowest BCUT2D eigenvalue weighted by molar-refractivity contribution is -0.147. The van der Waals surface area contributed by atoms with E-state index in [4.69, 9.17) is 4.52 Å². The summed E-state index contributed by atoms with van der Waals surface area (Å²) in [6, 6.07) is 1.85. The molecule has 2 aromatic rings. The molecule has 0 saturated heterocycles. The molecular weight excluding hydrogens is 361 g/mol. The van der Waals surface area contributed by atoms with Crippen LogP contribution >= 0.6 is 0 Å². The number of alkyl halides is 3. The molecule has 6 nitrogen and oxygen atoms in total. The van der Waals surface area contributed by atoms with Crippen molar-refractivity contribution in [1.82, 2.24) is 20.0 Å². The van der Waals surface area contributed by atoms with Crippen molar-refractivity contribution in [2.45, 2.75) is 64.7 Å². The number of imidazole rings is 1. The van der Waals surface area contributed by atoms with Gasteiger partial charge >= 0.3 is 6.18 Å². The Morgan fingerprint density at radius 2 is 2.15 bits per heavy atom. The van der Waals surface area contributed by atoms with Gasteiger partial charge in [0.1, 0.15) is 0 Å². The summed E-state index contributed by atoms with van der Waals surface area (Å²) in [5.74, 6) is -0.565. The number of carbonyl (C=O) groups excluding carboxylic acids is 1. The molecule has 2 aromatic heterocycles. The van der Waals surface area contributed by atoms with Crippen molar-refractivity contribution in [2.75, 3.05) is 0 Å². The molecule has 0 bridgehead atoms. The van der Waals surface area contributed by atoms with Crippen molar-refractivity contribution in [3.63, 3.8) is 0 Å². The molecule has 0 unspecified atom stereocenters. The third-order valence-electron chi connectivity index (χ3n) is 5.14. The highest BCUT2D eigenvalue weighted by atomic mass is 19.4. The molecule has 1 atom stereocenters. The van der Waals surface area contributed by atoms with E-state index < -0.39 is 12.0 Å². The lowest BCUT2D eigenvalue weighted by Crippen LogP contribution is -2.35. The number of carbonyl (C=O) groups is 1. The maximum absolute atomic E-state index is 12.9. The first-order chi connectivity index (χ1) is 12.8. The van der Waals surface area contributed by atoms with Gasteiger partial charge in [0.2, 0.25) is 11.7 Å². The van der Waals surface area contributed by atoms with Crippen LogP contribution in [0.2, 0.25) is 0 Å². The summed E-state index contributed by atoms with van der Waals surface area (Å²) < 4.78 is 45.1. The van der Waals surface area contributed by atoms with E-state index in [1.54, 1.807) is 0 Å². The van der Waals surface area contributed by atoms with Crippen molar-refractivity contribution in [2.24, 2.45) is 5.92 Å². The van der Waals surface area contributed by atoms with Gasteiger partial charge in [-0.25, -0.2) is 4.98 Å². The third-order valence-corrected chi connectivity index (χ3v) is 5.14. The molecule has 27 heavy (non-hydrogen) atoms. The summed E-state index contributed by atoms with van der Waals surface area (Å²) in [6.45, 7) is 4.52. The van der Waals surface area contributed by atoms with Gasteiger partial charge < -0.3 is 14.4 Å². The van der Waals surface area contributed by atoms with Crippen LogP contribution in [0.1, 0.15) is 62.0 Å². The van der Waals surface area contributed by atoms with Crippen LogP contribution in [0.5, 0.6) is 0 Å². The molecular formula is C18H23F3N4O2. The van der Waals surface area contributed by atoms with Gasteiger partial charge in [0.05, 0.1) is 12.2 Å². The summed E-state index contributed by atoms with van der Waals surface area (Å²) in [4.78, 5) is 15.9. The minimum Gasteiger partial charge on any atom is -0.359 e. The number of nitrogens with one attached hydrogen (secondary N) is 1. The van der Waals surface area contributed by atoms with Crippen LogP contribution in [0.25, 0.3) is 0 Å². The van der Waals surface area contributed by atoms with E-state index in [9.17, 15) is 18.0 Å². The second kappa shape index (κ2) is 7.74. The Balaban J connectivity index is 1.58. The number of hydrogen-bond donors (Lipinski definition) is 1. The molecule has 3 heterocycles. The zero-order valence-electron chi connectivity index (χ0n) is 15.3. The molecule has 3 rings (SSSR count). The second-order valence-electron chi connectivity index (χ2n) is 6.86. The van der Waals surface area contributed by atoms with Crippen molar-refractivity contribution < 1.29 is 22.5 Å². The third kappa shape index (κ3) is 4.17. The fourth-order valence-corrected chi connectivity index (χ4v) is 3.54. The van der Waals surface area contributed by atoms with Crippen molar-refractivity contribution >= 4 is 5.91 Å². The number of aromatic nitrogens is 3. The first kappa shape index (κ1) is 19.4. The van der Waals surface area contributed by atoms with Gasteiger partial charge in [-0.05, 0) is 19.3 Å². The van der Waals surface area contributed by atoms with Gasteiger partial charge in [-0.15, -0.1) is 0 Å². The SMILES string of the molecule is CCC(CC)c1cc(CNC(=O)[C@H]2CCn3c(cnc3C(F)(F)F)C2)on1. The van der Waals surface area contributed by atoms with Gasteiger partial charge in [-0.3, -0.25) is 4.79 Å². The highest BCUT2D eigenvalue weighted by Gasteiger charge is 2.39. The Bertz CT molecular complexity index is 793. The van der Waals surface area contributed by atoms with Crippen molar-refractivity contribution in [3.05, 3.63) is 35.2 Å². The number of amides is 1. The van der Waals surface area contributed by atoms with Crippen molar-refractivity contribution in [1.29, 1.82) is 0 Å². The first-order valence-electron chi connectivity index (χ1n) is 9.18. The molecule has 9 heteroatoms. The maximum atomic E-state index is 12.9. The molecule has 0 aliphatic carbocycles. The maximum Gasteiger partial charge on any atom is 0.449 e. The fraction of sp³-hybridized carbons (Fsp3) is 0.611. The number of fused-ring (bicyclic) bond motifs is 1. The topological polar surface area (TPSA) is 73.0 Å². The fourth-order valence-electron chi connectivity index (χ4n) is 3.54. The summed E-state index contributed by atoms with van der Waals surface area (Å²) in [6.07, 6.45) is -0.764. The largest absolute Gasteiger partial charge is 0.449 e. The predicted octanol–water partition coefficient (Wildman–Crippen LogP) is 3.67. The zero-order valence-corrected chi connectivity index (χ0v) is 15.3. The predicted molar refractivity (Wildman–Crippen MR) is 90.7 cm³/mol. The average Bonchev–Trinajstić information content (AvgIpc) is 3.26. The Labute approximate surface area is 155 Å². The van der Waals surface area contributed by atoms with E-state index in [-0.39, 0.29) is 31.3 Å². The van der Waals surface area contributed by atoms with Crippen LogP contribution < -0.4 is 5.32 Å². The first-order valence-corrected chi connectivity index (χ1v) is 9.18. The molecule has 1 aliphatic heterocycles. The molecule has 0 radical (unpaired) electrons. The summed E-state index contributed by atoms with van der Waals surface area (Å²) in [7, 11) is 0. The monoisotopic (exact) mass is 384 g/mol. The number of rotatable bonds is 6. The van der Waals surface area contributed by atoms with Gasteiger partial charge in [0.25, 0.3) is 0 Å². The molecule has 148 valence electrons. The number of nitrogens with zero attached hydrogens (tertiary/aromatic N) is 3. The molecule has 1 amide bonds. The quantitative estimate of drug-likeness (QED) is 0.825. The van der Waals surface area contributed by atoms with E-state index in [0.29, 0.717) is 23.8 Å². The molecule has 1 aliphatic rings. The minimum absolute atomic E-state index is 0.128. The lowest BCUT2D eigenvalue weighted by atomic mass is 9.95. The van der Waals surface area contributed by atoms with Crippen LogP contribution in [0.15, 0.2) is 16.8 Å². The standard InChI is InChI=1S/C18H23F3N4O2/c1-3-11(4-2)15-8-14(27-24-15)10-22-16(26)12-5-6-25-13(7-12)9-23-17(25)18(19,20)21/h8-9,11-12H,3-7,10H2,1-2H3,(H,22,26)/t12-/m0/s1. The highest BCUT2D eigenvalue weighted by molar-refractivity contribution is 5.79. The molecule has 1 N–H and O–H groups in total. The van der Waals surface area contributed by atoms with Crippen LogP contribution in [-0.2, 0) is 30.5 Å². The Morgan fingerprint density at radius 3 is 2.81 bits per heavy atom. The van der Waals surface area contributed by atoms with E-state index in [1.807, 2.05) is 6.07 Å². The van der Waals surface area contributed by atoms with E-state index in [0.717, 1.165) is 23.1 Å². The molecule has 0 spiro atoms. The van der Waals surface area contributed by atoms with Gasteiger partial charge in [-0.2, -0.15) is 13.2 Å². The smallest absolute Gasteiger partial charge is 0.359 e. The van der Waals surface area contributed by atoms with Gasteiger partial charge in [-0.1, -0.05) is 19.0 Å². The summed E-state index contributed by atoms with van der Waals surface area (Å²) >= 11 is 0. The molecule has 0 saturated carbocycles. The summed E-state index contributed by atoms with van der Waals surface area (Å²) in [5, 5.41) is 6.86. The second-order valence-corrected chi connectivity index (χ2v) is 6.86. The van der Waals surface area contributed by atoms with E-state index in [1.165, 1.54) is 6.20 Å². The van der Waals surface area contributed by atoms with Crippen LogP contribution in [0.4, 0.5) is 13.2 Å². The Morgan fingerprint density at radius 1 is 1.41 bits per heavy atom. The number of hydrogen-bond acceptors (Lipinski definition) is 4. The van der Waals surface area contributed by atoms with Crippen LogP contribution in [-0.4, -0.2) is 20.6 Å². The normalized spacial score (nSPS) is 17.2. The highest BCUT2D eigenvalue weighted by Crippen LogP contribution is 2.32. The average molecular weight is 384 g/mol. The Hall–Kier alpha value is -2.32. The Kier molecular flexibility index (Phi) is 5.57.